The largest absolute Gasteiger partial charge is 0.357 e. The maximum absolute atomic E-state index is 13.2. The van der Waals surface area contributed by atoms with Gasteiger partial charge in [0.1, 0.15) is 11.0 Å². The molecule has 1 N–H and O–H groups in total. The molecule has 0 bridgehead atoms. The van der Waals surface area contributed by atoms with Crippen molar-refractivity contribution in [3.8, 4) is 17.1 Å². The van der Waals surface area contributed by atoms with Gasteiger partial charge in [0.15, 0.2) is 0 Å². The summed E-state index contributed by atoms with van der Waals surface area (Å²) >= 11 is 17.9. The van der Waals surface area contributed by atoms with Gasteiger partial charge in [-0.25, -0.2) is 14.3 Å². The molecule has 0 saturated heterocycles. The molecule has 0 fully saturated rings. The van der Waals surface area contributed by atoms with E-state index in [0.29, 0.717) is 32.7 Å². The summed E-state index contributed by atoms with van der Waals surface area (Å²) in [7, 11) is 0. The van der Waals surface area contributed by atoms with Crippen LogP contribution in [0.2, 0.25) is 15.2 Å². The quantitative estimate of drug-likeness (QED) is 0.496. The van der Waals surface area contributed by atoms with Crippen LogP contribution >= 0.6 is 34.8 Å². The van der Waals surface area contributed by atoms with E-state index in [1.165, 1.54) is 18.2 Å². The average molecular weight is 434 g/mol. The number of rotatable bonds is 3. The predicted octanol–water partition coefficient (Wildman–Crippen LogP) is 3.97. The Morgan fingerprint density at radius 2 is 1.75 bits per heavy atom. The molecule has 0 amide bonds. The Balaban J connectivity index is 1.93. The number of halogens is 3. The van der Waals surface area contributed by atoms with E-state index in [1.807, 2.05) is 6.07 Å². The monoisotopic (exact) mass is 432 g/mol. The van der Waals surface area contributed by atoms with Crippen LogP contribution < -0.4 is 11.2 Å². The number of aromatic amines is 1. The summed E-state index contributed by atoms with van der Waals surface area (Å²) in [6.07, 6.45) is 3.68. The summed E-state index contributed by atoms with van der Waals surface area (Å²) in [5, 5.41) is 0.995. The molecule has 28 heavy (non-hydrogen) atoms. The van der Waals surface area contributed by atoms with Crippen LogP contribution in [0, 0.1) is 0 Å². The standard InChI is InChI=1S/C19H11Cl3N4O2/c20-12-6-13(21)8-14(7-12)26-18(27)16-11(3-4-23-17(16)25-19(26)28)5-10-1-2-15(22)24-9-10/h1-4,6-9H,5H2,(H,23,25,28). The molecule has 2 aliphatic heterocycles. The second-order valence-electron chi connectivity index (χ2n) is 6.06. The molecule has 6 nitrogen and oxygen atoms in total. The first-order chi connectivity index (χ1) is 13.4. The number of H-pyrrole nitrogens is 1. The molecular weight excluding hydrogens is 423 g/mol. The molecule has 1 aromatic heterocycles. The lowest BCUT2D eigenvalue weighted by Gasteiger charge is -2.13. The summed E-state index contributed by atoms with van der Waals surface area (Å²) in [6.45, 7) is 0. The first kappa shape index (κ1) is 18.7. The number of benzene rings is 1. The fourth-order valence-corrected chi connectivity index (χ4v) is 3.60. The zero-order valence-electron chi connectivity index (χ0n) is 14.1. The van der Waals surface area contributed by atoms with Crippen molar-refractivity contribution in [2.45, 2.75) is 6.42 Å². The minimum absolute atomic E-state index is 0.207. The van der Waals surface area contributed by atoms with Gasteiger partial charge in [-0.05, 0) is 47.9 Å². The molecule has 9 heteroatoms. The zero-order valence-corrected chi connectivity index (χ0v) is 16.4. The molecule has 4 rings (SSSR count). The Morgan fingerprint density at radius 3 is 2.43 bits per heavy atom. The van der Waals surface area contributed by atoms with Crippen LogP contribution in [0.5, 0.6) is 0 Å². The van der Waals surface area contributed by atoms with Crippen LogP contribution in [0.25, 0.3) is 17.1 Å². The third kappa shape index (κ3) is 3.54. The van der Waals surface area contributed by atoms with E-state index in [4.69, 9.17) is 34.8 Å². The van der Waals surface area contributed by atoms with E-state index in [0.717, 1.165) is 10.1 Å². The van der Waals surface area contributed by atoms with Crippen LogP contribution in [0.3, 0.4) is 0 Å². The van der Waals surface area contributed by atoms with Gasteiger partial charge in [0.25, 0.3) is 5.56 Å². The van der Waals surface area contributed by atoms with Gasteiger partial charge in [0, 0.05) is 22.4 Å². The molecule has 1 aromatic carbocycles. The first-order valence-corrected chi connectivity index (χ1v) is 9.26. The lowest BCUT2D eigenvalue weighted by molar-refractivity contribution is 0.861. The summed E-state index contributed by atoms with van der Waals surface area (Å²) in [5.41, 5.74) is 0.870. The second-order valence-corrected chi connectivity index (χ2v) is 7.32. The van der Waals surface area contributed by atoms with Crippen LogP contribution in [0.1, 0.15) is 11.1 Å². The Hall–Kier alpha value is -2.67. The van der Waals surface area contributed by atoms with Crippen molar-refractivity contribution >= 4 is 34.8 Å². The molecule has 0 aliphatic carbocycles. The molecule has 0 radical (unpaired) electrons. The number of pyridine rings is 2. The van der Waals surface area contributed by atoms with E-state index in [-0.39, 0.29) is 11.5 Å². The number of nitrogens with zero attached hydrogens (tertiary/aromatic N) is 3. The first-order valence-electron chi connectivity index (χ1n) is 8.12. The number of nitrogens with one attached hydrogen (secondary N) is 1. The van der Waals surface area contributed by atoms with Gasteiger partial charge in [-0.15, -0.1) is 0 Å². The molecule has 0 unspecified atom stereocenters. The van der Waals surface area contributed by atoms with Crippen LogP contribution in [-0.2, 0) is 6.42 Å². The molecule has 2 aliphatic rings. The van der Waals surface area contributed by atoms with Crippen molar-refractivity contribution < 1.29 is 0 Å². The second kappa shape index (κ2) is 7.39. The van der Waals surface area contributed by atoms with Crippen molar-refractivity contribution in [1.29, 1.82) is 0 Å². The molecule has 0 spiro atoms. The fraction of sp³-hybridized carbons (Fsp3) is 0.0526. The van der Waals surface area contributed by atoms with Gasteiger partial charge < -0.3 is 4.98 Å². The highest BCUT2D eigenvalue weighted by atomic mass is 35.5. The van der Waals surface area contributed by atoms with Gasteiger partial charge in [-0.3, -0.25) is 4.79 Å². The van der Waals surface area contributed by atoms with Crippen LogP contribution in [0.4, 0.5) is 0 Å². The summed E-state index contributed by atoms with van der Waals surface area (Å²) < 4.78 is 0.956. The highest BCUT2D eigenvalue weighted by Crippen LogP contribution is 2.23. The van der Waals surface area contributed by atoms with Gasteiger partial charge in [-0.1, -0.05) is 40.9 Å². The van der Waals surface area contributed by atoms with Gasteiger partial charge in [0.05, 0.1) is 11.3 Å². The highest BCUT2D eigenvalue weighted by molar-refractivity contribution is 6.34. The molecule has 3 heterocycles. The molecular formula is C19H11Cl3N4O2. The van der Waals surface area contributed by atoms with Crippen molar-refractivity contribution in [1.82, 2.24) is 19.5 Å². The average Bonchev–Trinajstić information content (AvgIpc) is 2.62. The number of aromatic nitrogens is 4. The minimum atomic E-state index is -0.725. The Labute approximate surface area is 173 Å². The topological polar surface area (TPSA) is 80.6 Å². The van der Waals surface area contributed by atoms with Crippen molar-refractivity contribution in [2.24, 2.45) is 0 Å². The molecule has 140 valence electrons. The third-order valence-corrected chi connectivity index (χ3v) is 4.83. The van der Waals surface area contributed by atoms with E-state index >= 15 is 0 Å². The zero-order chi connectivity index (χ0) is 19.8. The maximum atomic E-state index is 13.2. The van der Waals surface area contributed by atoms with E-state index < -0.39 is 11.2 Å². The summed E-state index contributed by atoms with van der Waals surface area (Å²) in [6, 6.07) is 9.75. The highest BCUT2D eigenvalue weighted by Gasteiger charge is 2.20. The number of hydrogen-bond acceptors (Lipinski definition) is 4. The summed E-state index contributed by atoms with van der Waals surface area (Å²) in [5.74, 6) is 0.207. The molecule has 0 atom stereocenters. The van der Waals surface area contributed by atoms with Gasteiger partial charge in [0.2, 0.25) is 0 Å². The van der Waals surface area contributed by atoms with Gasteiger partial charge in [-0.2, -0.15) is 4.98 Å². The SMILES string of the molecule is O=c1nc2[nH]ccc(Cc3ccc(Cl)nc3)c-2c(=O)n1-c1cc(Cl)cc(Cl)c1. The number of hydrogen-bond donors (Lipinski definition) is 1. The maximum Gasteiger partial charge on any atom is 0.357 e. The summed E-state index contributed by atoms with van der Waals surface area (Å²) in [4.78, 5) is 36.7. The van der Waals surface area contributed by atoms with Crippen LogP contribution in [0.15, 0.2) is 58.4 Å². The lowest BCUT2D eigenvalue weighted by atomic mass is 10.0. The number of fused-ring (bicyclic) bond motifs is 1. The smallest absolute Gasteiger partial charge is 0.346 e. The fourth-order valence-electron chi connectivity index (χ4n) is 2.97. The van der Waals surface area contributed by atoms with Crippen molar-refractivity contribution in [3.63, 3.8) is 0 Å². The Morgan fingerprint density at radius 1 is 1.00 bits per heavy atom. The Kier molecular flexibility index (Phi) is 4.93. The van der Waals surface area contributed by atoms with Crippen molar-refractivity contribution in [2.75, 3.05) is 0 Å². The lowest BCUT2D eigenvalue weighted by Crippen LogP contribution is -2.36. The van der Waals surface area contributed by atoms with E-state index in [1.54, 1.807) is 24.5 Å². The van der Waals surface area contributed by atoms with E-state index in [9.17, 15) is 9.59 Å². The normalized spacial score (nSPS) is 11.1. The van der Waals surface area contributed by atoms with Crippen molar-refractivity contribution in [3.05, 3.63) is 96.0 Å². The Bertz CT molecular complexity index is 1250. The predicted molar refractivity (Wildman–Crippen MR) is 109 cm³/mol. The molecule has 2 aromatic rings. The molecule has 0 saturated carbocycles. The van der Waals surface area contributed by atoms with Crippen LogP contribution in [-0.4, -0.2) is 19.5 Å². The van der Waals surface area contributed by atoms with E-state index in [2.05, 4.69) is 15.0 Å². The van der Waals surface area contributed by atoms with Gasteiger partial charge >= 0.3 is 5.69 Å². The third-order valence-electron chi connectivity index (χ3n) is 4.17. The minimum Gasteiger partial charge on any atom is -0.346 e.